The fourth-order valence-electron chi connectivity index (χ4n) is 4.26. The molecule has 0 aromatic heterocycles. The number of fused-ring (bicyclic) bond motifs is 1. The van der Waals surface area contributed by atoms with E-state index < -0.39 is 0 Å². The zero-order valence-electron chi connectivity index (χ0n) is 18.1. The van der Waals surface area contributed by atoms with Crippen molar-refractivity contribution in [2.75, 3.05) is 0 Å². The number of hydrogen-bond donors (Lipinski definition) is 0. The first kappa shape index (κ1) is 20.1. The minimum atomic E-state index is 0.488. The highest BCUT2D eigenvalue weighted by Gasteiger charge is 2.17. The van der Waals surface area contributed by atoms with Gasteiger partial charge in [-0.1, -0.05) is 103 Å². The summed E-state index contributed by atoms with van der Waals surface area (Å²) in [6.45, 7) is 2.61. The number of benzene rings is 5. The number of hydrogen-bond acceptors (Lipinski definition) is 1. The second-order valence-corrected chi connectivity index (χ2v) is 8.08. The maximum Gasteiger partial charge on any atom is 0.135 e. The summed E-state index contributed by atoms with van der Waals surface area (Å²) in [5.74, 6) is 0.855. The highest BCUT2D eigenvalue weighted by Crippen LogP contribution is 2.42. The molecule has 5 aromatic carbocycles. The SMILES string of the molecule is [B]c1ccccc1-c1cc(C)cc(-c2cccc3ccccc23)c1OCc1ccccc1. The summed E-state index contributed by atoms with van der Waals surface area (Å²) in [5, 5.41) is 2.42. The van der Waals surface area contributed by atoms with Crippen LogP contribution in [0, 0.1) is 6.92 Å². The second-order valence-electron chi connectivity index (χ2n) is 8.08. The van der Waals surface area contributed by atoms with Gasteiger partial charge < -0.3 is 4.74 Å². The van der Waals surface area contributed by atoms with Gasteiger partial charge in [0.1, 0.15) is 20.2 Å². The Hall–Kier alpha value is -3.78. The summed E-state index contributed by atoms with van der Waals surface area (Å²) in [4.78, 5) is 0. The molecule has 0 aliphatic carbocycles. The van der Waals surface area contributed by atoms with E-state index in [0.29, 0.717) is 6.61 Å². The summed E-state index contributed by atoms with van der Waals surface area (Å²) in [5.41, 5.74) is 7.28. The van der Waals surface area contributed by atoms with Gasteiger partial charge >= 0.3 is 0 Å². The fraction of sp³-hybridized carbons (Fsp3) is 0.0667. The standard InChI is InChI=1S/C30H23BO/c1-21-18-27(25-16-9-13-23-12-5-6-14-24(23)25)30(32-20-22-10-3-2-4-11-22)28(19-21)26-15-7-8-17-29(26)31/h2-19H,20H2,1H3. The quantitative estimate of drug-likeness (QED) is 0.288. The summed E-state index contributed by atoms with van der Waals surface area (Å²) < 4.78 is 6.57. The lowest BCUT2D eigenvalue weighted by molar-refractivity contribution is 0.309. The summed E-state index contributed by atoms with van der Waals surface area (Å²) >= 11 is 0. The molecular formula is C30H23BO. The van der Waals surface area contributed by atoms with Gasteiger partial charge in [0.2, 0.25) is 0 Å². The number of rotatable bonds is 5. The first-order valence-corrected chi connectivity index (χ1v) is 10.8. The first-order chi connectivity index (χ1) is 15.7. The lowest BCUT2D eigenvalue weighted by atomic mass is 9.84. The fourth-order valence-corrected chi connectivity index (χ4v) is 4.26. The van der Waals surface area contributed by atoms with E-state index in [0.717, 1.165) is 39.0 Å². The highest BCUT2D eigenvalue weighted by molar-refractivity contribution is 6.36. The van der Waals surface area contributed by atoms with Crippen molar-refractivity contribution in [2.24, 2.45) is 0 Å². The van der Waals surface area contributed by atoms with Crippen LogP contribution in [0.1, 0.15) is 11.1 Å². The molecule has 5 aromatic rings. The van der Waals surface area contributed by atoms with Crippen LogP contribution in [-0.2, 0) is 6.61 Å². The Kier molecular flexibility index (Phi) is 5.52. The molecule has 0 unspecified atom stereocenters. The highest BCUT2D eigenvalue weighted by atomic mass is 16.5. The van der Waals surface area contributed by atoms with Crippen LogP contribution in [-0.4, -0.2) is 7.85 Å². The molecule has 0 spiro atoms. The third kappa shape index (κ3) is 3.92. The van der Waals surface area contributed by atoms with Crippen LogP contribution in [0.2, 0.25) is 0 Å². The van der Waals surface area contributed by atoms with Crippen molar-refractivity contribution < 1.29 is 4.74 Å². The molecule has 32 heavy (non-hydrogen) atoms. The van der Waals surface area contributed by atoms with Crippen LogP contribution in [0.3, 0.4) is 0 Å². The van der Waals surface area contributed by atoms with Crippen molar-refractivity contribution >= 4 is 24.1 Å². The van der Waals surface area contributed by atoms with Crippen LogP contribution in [0.4, 0.5) is 0 Å². The molecule has 0 bridgehead atoms. The van der Waals surface area contributed by atoms with Crippen LogP contribution in [0.25, 0.3) is 33.0 Å². The van der Waals surface area contributed by atoms with Gasteiger partial charge in [0.15, 0.2) is 0 Å². The van der Waals surface area contributed by atoms with Crippen molar-refractivity contribution in [1.29, 1.82) is 0 Å². The zero-order valence-corrected chi connectivity index (χ0v) is 18.1. The molecule has 2 radical (unpaired) electrons. The van der Waals surface area contributed by atoms with E-state index in [1.165, 1.54) is 16.3 Å². The van der Waals surface area contributed by atoms with Crippen molar-refractivity contribution in [1.82, 2.24) is 0 Å². The van der Waals surface area contributed by atoms with E-state index in [2.05, 4.69) is 79.7 Å². The third-order valence-electron chi connectivity index (χ3n) is 5.79. The van der Waals surface area contributed by atoms with Crippen molar-refractivity contribution in [2.45, 2.75) is 13.5 Å². The molecule has 0 heterocycles. The molecule has 1 nitrogen and oxygen atoms in total. The number of aryl methyl sites for hydroxylation is 1. The van der Waals surface area contributed by atoms with Crippen LogP contribution < -0.4 is 10.2 Å². The molecule has 0 aliphatic heterocycles. The average Bonchev–Trinajstić information content (AvgIpc) is 2.83. The Morgan fingerprint density at radius 2 is 1.25 bits per heavy atom. The van der Waals surface area contributed by atoms with Crippen LogP contribution in [0.5, 0.6) is 5.75 Å². The molecule has 152 valence electrons. The van der Waals surface area contributed by atoms with E-state index in [1.54, 1.807) is 0 Å². The average molecular weight is 410 g/mol. The maximum atomic E-state index is 6.57. The van der Waals surface area contributed by atoms with E-state index in [-0.39, 0.29) is 0 Å². The molecule has 0 saturated carbocycles. The van der Waals surface area contributed by atoms with Gasteiger partial charge in [-0.3, -0.25) is 0 Å². The van der Waals surface area contributed by atoms with E-state index in [1.807, 2.05) is 36.4 Å². The van der Waals surface area contributed by atoms with Gasteiger partial charge in [0.25, 0.3) is 0 Å². The van der Waals surface area contributed by atoms with Gasteiger partial charge in [0.05, 0.1) is 0 Å². The molecule has 0 saturated heterocycles. The summed E-state index contributed by atoms with van der Waals surface area (Å²) in [6.07, 6.45) is 0. The van der Waals surface area contributed by atoms with E-state index in [9.17, 15) is 0 Å². The van der Waals surface area contributed by atoms with Gasteiger partial charge in [-0.2, -0.15) is 0 Å². The minimum Gasteiger partial charge on any atom is -0.488 e. The normalized spacial score (nSPS) is 10.9. The van der Waals surface area contributed by atoms with E-state index >= 15 is 0 Å². The van der Waals surface area contributed by atoms with Crippen molar-refractivity contribution in [3.05, 3.63) is 120 Å². The van der Waals surface area contributed by atoms with Gasteiger partial charge in [0, 0.05) is 11.1 Å². The number of ether oxygens (including phenoxy) is 1. The van der Waals surface area contributed by atoms with Gasteiger partial charge in [-0.25, -0.2) is 0 Å². The van der Waals surface area contributed by atoms with Crippen LogP contribution >= 0.6 is 0 Å². The van der Waals surface area contributed by atoms with Crippen LogP contribution in [0.15, 0.2) is 109 Å². The summed E-state index contributed by atoms with van der Waals surface area (Å²) in [7, 11) is 6.40. The van der Waals surface area contributed by atoms with Crippen molar-refractivity contribution in [3.8, 4) is 28.0 Å². The molecule has 0 atom stereocenters. The lowest BCUT2D eigenvalue weighted by Crippen LogP contribution is -2.08. The Bertz CT molecular complexity index is 1380. The Morgan fingerprint density at radius 1 is 0.625 bits per heavy atom. The molecule has 0 fully saturated rings. The van der Waals surface area contributed by atoms with E-state index in [4.69, 9.17) is 12.6 Å². The zero-order chi connectivity index (χ0) is 21.9. The molecule has 0 N–H and O–H groups in total. The van der Waals surface area contributed by atoms with Crippen molar-refractivity contribution in [3.63, 3.8) is 0 Å². The molecule has 2 heteroatoms. The molecule has 0 amide bonds. The summed E-state index contributed by atoms with van der Waals surface area (Å²) in [6, 6.07) is 37.5. The second kappa shape index (κ2) is 8.76. The Labute approximate surface area is 190 Å². The Morgan fingerprint density at radius 3 is 2.06 bits per heavy atom. The minimum absolute atomic E-state index is 0.488. The predicted molar refractivity (Wildman–Crippen MR) is 136 cm³/mol. The maximum absolute atomic E-state index is 6.57. The van der Waals surface area contributed by atoms with Gasteiger partial charge in [-0.15, -0.1) is 0 Å². The lowest BCUT2D eigenvalue weighted by Gasteiger charge is -2.20. The first-order valence-electron chi connectivity index (χ1n) is 10.8. The molecule has 5 rings (SSSR count). The largest absolute Gasteiger partial charge is 0.488 e. The molecular weight excluding hydrogens is 387 g/mol. The topological polar surface area (TPSA) is 9.23 Å². The molecule has 0 aliphatic rings. The monoisotopic (exact) mass is 410 g/mol. The smallest absolute Gasteiger partial charge is 0.135 e. The Balaban J connectivity index is 1.74. The predicted octanol–water partition coefficient (Wildman–Crippen LogP) is 6.86. The third-order valence-corrected chi connectivity index (χ3v) is 5.79. The van der Waals surface area contributed by atoms with Gasteiger partial charge in [-0.05, 0) is 52.1 Å².